The third kappa shape index (κ3) is 1.77. The second-order valence-electron chi connectivity index (χ2n) is 4.59. The van der Waals surface area contributed by atoms with E-state index in [0.29, 0.717) is 6.61 Å². The standard InChI is InChI=1S/C10H16O6/c1-10(2)5(4-13-3)6-7(8(11)16-10)15-9(12)14-6/h5-8,11H,4H2,1-3H3. The Morgan fingerprint density at radius 1 is 1.38 bits per heavy atom. The van der Waals surface area contributed by atoms with E-state index in [9.17, 15) is 9.90 Å². The van der Waals surface area contributed by atoms with Gasteiger partial charge in [0, 0.05) is 7.11 Å². The maximum Gasteiger partial charge on any atom is 0.509 e. The maximum absolute atomic E-state index is 11.1. The summed E-state index contributed by atoms with van der Waals surface area (Å²) in [4.78, 5) is 11.1. The van der Waals surface area contributed by atoms with Gasteiger partial charge in [-0.25, -0.2) is 4.79 Å². The normalized spacial score (nSPS) is 41.1. The summed E-state index contributed by atoms with van der Waals surface area (Å²) < 4.78 is 20.4. The van der Waals surface area contributed by atoms with Gasteiger partial charge in [-0.05, 0) is 13.8 Å². The van der Waals surface area contributed by atoms with Crippen molar-refractivity contribution < 1.29 is 28.8 Å². The van der Waals surface area contributed by atoms with Crippen LogP contribution in [-0.4, -0.2) is 49.1 Å². The van der Waals surface area contributed by atoms with E-state index >= 15 is 0 Å². The molecule has 4 unspecified atom stereocenters. The van der Waals surface area contributed by atoms with Gasteiger partial charge in [0.05, 0.1) is 18.1 Å². The fourth-order valence-corrected chi connectivity index (χ4v) is 2.25. The van der Waals surface area contributed by atoms with Crippen LogP contribution >= 0.6 is 0 Å². The van der Waals surface area contributed by atoms with Crippen molar-refractivity contribution in [3.8, 4) is 0 Å². The fraction of sp³-hybridized carbons (Fsp3) is 0.900. The number of hydrogen-bond donors (Lipinski definition) is 1. The first-order chi connectivity index (χ1) is 7.45. The van der Waals surface area contributed by atoms with Gasteiger partial charge in [-0.15, -0.1) is 0 Å². The van der Waals surface area contributed by atoms with E-state index in [2.05, 4.69) is 0 Å². The van der Waals surface area contributed by atoms with Crippen LogP contribution in [0.5, 0.6) is 0 Å². The van der Waals surface area contributed by atoms with Gasteiger partial charge in [0.1, 0.15) is 0 Å². The molecular formula is C10H16O6. The Morgan fingerprint density at radius 3 is 2.62 bits per heavy atom. The molecule has 0 bridgehead atoms. The number of carbonyl (C=O) groups is 1. The molecule has 6 nitrogen and oxygen atoms in total. The molecular weight excluding hydrogens is 216 g/mol. The summed E-state index contributed by atoms with van der Waals surface area (Å²) >= 11 is 0. The van der Waals surface area contributed by atoms with E-state index in [1.807, 2.05) is 13.8 Å². The Labute approximate surface area is 93.4 Å². The van der Waals surface area contributed by atoms with Crippen LogP contribution in [0.3, 0.4) is 0 Å². The third-order valence-corrected chi connectivity index (χ3v) is 3.13. The summed E-state index contributed by atoms with van der Waals surface area (Å²) in [6, 6.07) is 0. The van der Waals surface area contributed by atoms with Crippen molar-refractivity contribution in [2.45, 2.75) is 37.9 Å². The van der Waals surface area contributed by atoms with E-state index in [-0.39, 0.29) is 5.92 Å². The molecule has 0 amide bonds. The summed E-state index contributed by atoms with van der Waals surface area (Å²) in [6.07, 6.45) is -3.21. The first-order valence-corrected chi connectivity index (χ1v) is 5.18. The van der Waals surface area contributed by atoms with Crippen molar-refractivity contribution in [2.75, 3.05) is 13.7 Å². The molecule has 0 aliphatic carbocycles. The van der Waals surface area contributed by atoms with E-state index in [1.165, 1.54) is 0 Å². The molecule has 2 rings (SSSR count). The lowest BCUT2D eigenvalue weighted by molar-refractivity contribution is -0.278. The number of fused-ring (bicyclic) bond motifs is 1. The Morgan fingerprint density at radius 2 is 2.00 bits per heavy atom. The fourth-order valence-electron chi connectivity index (χ4n) is 2.25. The lowest BCUT2D eigenvalue weighted by atomic mass is 9.81. The predicted octanol–water partition coefficient (Wildman–Crippen LogP) is 0.280. The zero-order valence-electron chi connectivity index (χ0n) is 9.50. The third-order valence-electron chi connectivity index (χ3n) is 3.13. The molecule has 16 heavy (non-hydrogen) atoms. The number of methoxy groups -OCH3 is 1. The largest absolute Gasteiger partial charge is 0.509 e. The summed E-state index contributed by atoms with van der Waals surface area (Å²) in [5, 5.41) is 9.70. The van der Waals surface area contributed by atoms with Crippen molar-refractivity contribution >= 4 is 6.16 Å². The maximum atomic E-state index is 11.1. The molecule has 2 heterocycles. The van der Waals surface area contributed by atoms with Crippen LogP contribution in [0.2, 0.25) is 0 Å². The van der Waals surface area contributed by atoms with Gasteiger partial charge in [0.25, 0.3) is 0 Å². The summed E-state index contributed by atoms with van der Waals surface area (Å²) in [6.45, 7) is 4.02. The molecule has 0 saturated carbocycles. The van der Waals surface area contributed by atoms with Gasteiger partial charge < -0.3 is 24.1 Å². The molecule has 0 aromatic heterocycles. The minimum atomic E-state index is -1.15. The first kappa shape index (κ1) is 11.6. The molecule has 0 aromatic rings. The van der Waals surface area contributed by atoms with E-state index in [1.54, 1.807) is 7.11 Å². The molecule has 6 heteroatoms. The average molecular weight is 232 g/mol. The monoisotopic (exact) mass is 232 g/mol. The highest BCUT2D eigenvalue weighted by atomic mass is 16.8. The van der Waals surface area contributed by atoms with Gasteiger partial charge in [0.15, 0.2) is 18.5 Å². The zero-order valence-corrected chi connectivity index (χ0v) is 9.50. The molecule has 4 atom stereocenters. The Hall–Kier alpha value is -0.850. The molecule has 2 saturated heterocycles. The summed E-state index contributed by atoms with van der Waals surface area (Å²) in [5.74, 6) is -0.169. The molecule has 2 aliphatic rings. The van der Waals surface area contributed by atoms with E-state index in [4.69, 9.17) is 18.9 Å². The minimum Gasteiger partial charge on any atom is -0.426 e. The summed E-state index contributed by atoms with van der Waals surface area (Å²) in [7, 11) is 1.56. The van der Waals surface area contributed by atoms with Crippen LogP contribution in [-0.2, 0) is 18.9 Å². The van der Waals surface area contributed by atoms with Crippen molar-refractivity contribution in [3.63, 3.8) is 0 Å². The van der Waals surface area contributed by atoms with Gasteiger partial charge in [-0.1, -0.05) is 0 Å². The number of carbonyl (C=O) groups excluding carboxylic acids is 1. The van der Waals surface area contributed by atoms with Gasteiger partial charge in [-0.2, -0.15) is 0 Å². The molecule has 0 radical (unpaired) electrons. The van der Waals surface area contributed by atoms with Crippen molar-refractivity contribution in [3.05, 3.63) is 0 Å². The number of aliphatic hydroxyl groups excluding tert-OH is 1. The Balaban J connectivity index is 2.23. The first-order valence-electron chi connectivity index (χ1n) is 5.18. The highest BCUT2D eigenvalue weighted by molar-refractivity contribution is 5.62. The van der Waals surface area contributed by atoms with Gasteiger partial charge >= 0.3 is 6.16 Å². The van der Waals surface area contributed by atoms with Crippen molar-refractivity contribution in [2.24, 2.45) is 5.92 Å². The molecule has 2 fully saturated rings. The molecule has 1 N–H and O–H groups in total. The lowest BCUT2D eigenvalue weighted by Gasteiger charge is -2.44. The SMILES string of the molecule is COCC1C2OC(=O)OC2C(O)OC1(C)C. The van der Waals surface area contributed by atoms with Crippen LogP contribution in [0, 0.1) is 5.92 Å². The van der Waals surface area contributed by atoms with Crippen LogP contribution in [0.4, 0.5) is 4.79 Å². The van der Waals surface area contributed by atoms with Crippen molar-refractivity contribution in [1.29, 1.82) is 0 Å². The zero-order chi connectivity index (χ0) is 11.9. The second kappa shape index (κ2) is 3.87. The highest BCUT2D eigenvalue weighted by Crippen LogP contribution is 2.39. The number of hydrogen-bond acceptors (Lipinski definition) is 6. The Bertz CT molecular complexity index is 289. The molecule has 0 aromatic carbocycles. The number of ether oxygens (including phenoxy) is 4. The highest BCUT2D eigenvalue weighted by Gasteiger charge is 2.56. The average Bonchev–Trinajstić information content (AvgIpc) is 2.54. The number of aliphatic hydroxyl groups is 1. The Kier molecular flexibility index (Phi) is 2.81. The van der Waals surface area contributed by atoms with E-state index < -0.39 is 30.3 Å². The molecule has 92 valence electrons. The topological polar surface area (TPSA) is 74.2 Å². The lowest BCUT2D eigenvalue weighted by Crippen LogP contribution is -2.58. The summed E-state index contributed by atoms with van der Waals surface area (Å²) in [5.41, 5.74) is -0.634. The van der Waals surface area contributed by atoms with Crippen molar-refractivity contribution in [1.82, 2.24) is 0 Å². The molecule has 2 aliphatic heterocycles. The molecule has 0 spiro atoms. The quantitative estimate of drug-likeness (QED) is 0.689. The second-order valence-corrected chi connectivity index (χ2v) is 4.59. The van der Waals surface area contributed by atoms with Crippen LogP contribution in [0.25, 0.3) is 0 Å². The van der Waals surface area contributed by atoms with Crippen LogP contribution < -0.4 is 0 Å². The predicted molar refractivity (Wildman–Crippen MR) is 51.7 cm³/mol. The van der Waals surface area contributed by atoms with Crippen LogP contribution in [0.1, 0.15) is 13.8 Å². The number of rotatable bonds is 2. The van der Waals surface area contributed by atoms with Gasteiger partial charge in [0.2, 0.25) is 0 Å². The minimum absolute atomic E-state index is 0.169. The van der Waals surface area contributed by atoms with Gasteiger partial charge in [-0.3, -0.25) is 0 Å². The van der Waals surface area contributed by atoms with Crippen LogP contribution in [0.15, 0.2) is 0 Å². The smallest absolute Gasteiger partial charge is 0.426 e. The van der Waals surface area contributed by atoms with E-state index in [0.717, 1.165) is 0 Å².